The minimum absolute atomic E-state index is 0.0694. The maximum absolute atomic E-state index is 12.9. The van der Waals surface area contributed by atoms with Gasteiger partial charge in [0.05, 0.1) is 0 Å². The van der Waals surface area contributed by atoms with Crippen LogP contribution in [0.5, 0.6) is 0 Å². The number of anilines is 3. The number of nitrogen functional groups attached to an aromatic ring is 1. The summed E-state index contributed by atoms with van der Waals surface area (Å²) >= 11 is 5.65. The van der Waals surface area contributed by atoms with Crippen molar-refractivity contribution in [2.75, 3.05) is 11.1 Å². The van der Waals surface area contributed by atoms with Crippen LogP contribution < -0.4 is 11.1 Å². The molecule has 1 aromatic carbocycles. The zero-order valence-electron chi connectivity index (χ0n) is 7.37. The van der Waals surface area contributed by atoms with E-state index in [9.17, 15) is 4.39 Å². The van der Waals surface area contributed by atoms with Crippen LogP contribution in [-0.2, 0) is 0 Å². The number of hydrogen-bond donors (Lipinski definition) is 2. The highest BCUT2D eigenvalue weighted by molar-refractivity contribution is 6.30. The summed E-state index contributed by atoms with van der Waals surface area (Å²) in [6.45, 7) is 0. The average Bonchev–Trinajstić information content (AvgIpc) is 2.49. The van der Waals surface area contributed by atoms with Crippen molar-refractivity contribution in [2.24, 2.45) is 0 Å². The third-order valence-electron chi connectivity index (χ3n) is 1.55. The predicted molar refractivity (Wildman–Crippen MR) is 53.4 cm³/mol. The quantitative estimate of drug-likeness (QED) is 0.824. The van der Waals surface area contributed by atoms with Crippen molar-refractivity contribution in [2.45, 2.75) is 0 Å². The molecule has 7 heteroatoms. The molecule has 0 amide bonds. The highest BCUT2D eigenvalue weighted by Gasteiger charge is 2.04. The Bertz CT molecular complexity index is 467. The fourth-order valence-electron chi connectivity index (χ4n) is 1.03. The summed E-state index contributed by atoms with van der Waals surface area (Å²) in [4.78, 5) is 0. The molecule has 0 saturated heterocycles. The van der Waals surface area contributed by atoms with Gasteiger partial charge in [-0.1, -0.05) is 21.8 Å². The molecule has 2 aromatic rings. The Morgan fingerprint density at radius 2 is 2.13 bits per heavy atom. The Kier molecular flexibility index (Phi) is 2.42. The lowest BCUT2D eigenvalue weighted by Gasteiger charge is -2.01. The van der Waals surface area contributed by atoms with Gasteiger partial charge in [-0.25, -0.2) is 4.39 Å². The van der Waals surface area contributed by atoms with E-state index in [-0.39, 0.29) is 17.1 Å². The zero-order valence-corrected chi connectivity index (χ0v) is 8.12. The van der Waals surface area contributed by atoms with Crippen molar-refractivity contribution in [1.82, 2.24) is 10.2 Å². The molecule has 78 valence electrons. The van der Waals surface area contributed by atoms with E-state index < -0.39 is 5.82 Å². The molecule has 0 atom stereocenters. The fraction of sp³-hybridized carbons (Fsp3) is 0. The van der Waals surface area contributed by atoms with Gasteiger partial charge in [0.15, 0.2) is 0 Å². The van der Waals surface area contributed by atoms with Gasteiger partial charge in [0.25, 0.3) is 0 Å². The Morgan fingerprint density at radius 3 is 2.73 bits per heavy atom. The van der Waals surface area contributed by atoms with Crippen LogP contribution in [0.4, 0.5) is 22.1 Å². The van der Waals surface area contributed by atoms with E-state index in [0.29, 0.717) is 5.69 Å². The summed E-state index contributed by atoms with van der Waals surface area (Å²) in [5.74, 6) is -0.461. The molecule has 15 heavy (non-hydrogen) atoms. The monoisotopic (exact) mass is 228 g/mol. The van der Waals surface area contributed by atoms with E-state index in [1.54, 1.807) is 0 Å². The molecule has 0 unspecified atom stereocenters. The molecule has 1 heterocycles. The second-order valence-corrected chi connectivity index (χ2v) is 3.17. The number of nitrogens with two attached hydrogens (primary N) is 1. The van der Waals surface area contributed by atoms with Crippen LogP contribution in [0.25, 0.3) is 0 Å². The van der Waals surface area contributed by atoms with E-state index in [1.165, 1.54) is 18.2 Å². The summed E-state index contributed by atoms with van der Waals surface area (Å²) in [5, 5.41) is 9.91. The van der Waals surface area contributed by atoms with Crippen molar-refractivity contribution in [3.05, 3.63) is 29.0 Å². The number of benzene rings is 1. The van der Waals surface area contributed by atoms with Gasteiger partial charge in [-0.3, -0.25) is 0 Å². The second kappa shape index (κ2) is 3.74. The minimum atomic E-state index is -0.461. The van der Waals surface area contributed by atoms with E-state index in [1.807, 2.05) is 0 Å². The molecule has 0 bridgehead atoms. The van der Waals surface area contributed by atoms with Gasteiger partial charge in [0, 0.05) is 10.7 Å². The highest BCUT2D eigenvalue weighted by atomic mass is 35.5. The first-order chi connectivity index (χ1) is 7.13. The van der Waals surface area contributed by atoms with Crippen molar-refractivity contribution < 1.29 is 8.81 Å². The number of rotatable bonds is 2. The zero-order chi connectivity index (χ0) is 10.8. The van der Waals surface area contributed by atoms with Crippen LogP contribution in [0.1, 0.15) is 0 Å². The summed E-state index contributed by atoms with van der Waals surface area (Å²) in [6, 6.07) is 3.96. The van der Waals surface area contributed by atoms with Crippen LogP contribution in [0.15, 0.2) is 22.6 Å². The molecule has 1 aromatic heterocycles. The molecular formula is C8H6ClFN4O. The van der Waals surface area contributed by atoms with E-state index >= 15 is 0 Å². The molecule has 3 N–H and O–H groups in total. The largest absolute Gasteiger partial charge is 0.389 e. The molecule has 0 saturated carbocycles. The van der Waals surface area contributed by atoms with Crippen molar-refractivity contribution in [1.29, 1.82) is 0 Å². The smallest absolute Gasteiger partial charge is 0.321 e. The van der Waals surface area contributed by atoms with Gasteiger partial charge in [0.2, 0.25) is 0 Å². The number of aromatic nitrogens is 2. The molecule has 2 rings (SSSR count). The maximum Gasteiger partial charge on any atom is 0.321 e. The third-order valence-corrected chi connectivity index (χ3v) is 1.77. The maximum atomic E-state index is 12.9. The molecule has 0 aliphatic rings. The van der Waals surface area contributed by atoms with E-state index in [0.717, 1.165) is 0 Å². The van der Waals surface area contributed by atoms with Crippen molar-refractivity contribution >= 4 is 29.3 Å². The average molecular weight is 229 g/mol. The van der Waals surface area contributed by atoms with Gasteiger partial charge >= 0.3 is 12.0 Å². The van der Waals surface area contributed by atoms with E-state index in [2.05, 4.69) is 15.5 Å². The lowest BCUT2D eigenvalue weighted by molar-refractivity contribution is 0.593. The van der Waals surface area contributed by atoms with Gasteiger partial charge in [-0.2, -0.15) is 0 Å². The van der Waals surface area contributed by atoms with Crippen molar-refractivity contribution in [3.63, 3.8) is 0 Å². The number of halogens is 2. The van der Waals surface area contributed by atoms with Crippen LogP contribution in [-0.4, -0.2) is 10.2 Å². The van der Waals surface area contributed by atoms with Crippen LogP contribution >= 0.6 is 11.6 Å². The van der Waals surface area contributed by atoms with Gasteiger partial charge in [-0.15, -0.1) is 0 Å². The van der Waals surface area contributed by atoms with Crippen LogP contribution in [0.3, 0.4) is 0 Å². The summed E-state index contributed by atoms with van der Waals surface area (Å²) in [5.41, 5.74) is 5.62. The Labute approximate surface area is 89.0 Å². The Hall–Kier alpha value is -1.82. The van der Waals surface area contributed by atoms with Gasteiger partial charge < -0.3 is 15.5 Å². The first kappa shape index (κ1) is 9.72. The predicted octanol–water partition coefficient (Wildman–Crippen LogP) is 2.19. The Morgan fingerprint density at radius 1 is 1.33 bits per heavy atom. The van der Waals surface area contributed by atoms with Gasteiger partial charge in [0.1, 0.15) is 5.82 Å². The first-order valence-electron chi connectivity index (χ1n) is 3.95. The molecule has 5 nitrogen and oxygen atoms in total. The number of nitrogens with one attached hydrogen (secondary N) is 1. The summed E-state index contributed by atoms with van der Waals surface area (Å²) < 4.78 is 17.8. The van der Waals surface area contributed by atoms with Crippen LogP contribution in [0, 0.1) is 5.82 Å². The summed E-state index contributed by atoms with van der Waals surface area (Å²) in [6.07, 6.45) is 0. The molecule has 0 radical (unpaired) electrons. The van der Waals surface area contributed by atoms with E-state index in [4.69, 9.17) is 21.8 Å². The van der Waals surface area contributed by atoms with Crippen LogP contribution in [0.2, 0.25) is 5.02 Å². The minimum Gasteiger partial charge on any atom is -0.389 e. The lowest BCUT2D eigenvalue weighted by atomic mass is 10.3. The highest BCUT2D eigenvalue weighted by Crippen LogP contribution is 2.21. The third kappa shape index (κ3) is 2.35. The van der Waals surface area contributed by atoms with Gasteiger partial charge in [-0.05, 0) is 18.2 Å². The molecule has 0 fully saturated rings. The normalized spacial score (nSPS) is 10.3. The number of nitrogens with zero attached hydrogens (tertiary/aromatic N) is 2. The Balaban J connectivity index is 2.24. The number of hydrogen-bond acceptors (Lipinski definition) is 5. The van der Waals surface area contributed by atoms with Crippen molar-refractivity contribution in [3.8, 4) is 0 Å². The first-order valence-corrected chi connectivity index (χ1v) is 4.33. The molecular weight excluding hydrogens is 223 g/mol. The standard InChI is InChI=1S/C8H6ClFN4O/c9-4-1-5(10)3-6(2-4)12-8-14-13-7(11)15-8/h1-3H,(H2,11,13)(H,12,14). The fourth-order valence-corrected chi connectivity index (χ4v) is 1.26. The topological polar surface area (TPSA) is 77.0 Å². The summed E-state index contributed by atoms with van der Waals surface area (Å²) in [7, 11) is 0. The lowest BCUT2D eigenvalue weighted by Crippen LogP contribution is -1.91. The molecule has 0 spiro atoms. The molecule has 0 aliphatic heterocycles. The second-order valence-electron chi connectivity index (χ2n) is 2.73. The SMILES string of the molecule is Nc1nnc(Nc2cc(F)cc(Cl)c2)o1. The molecule has 0 aliphatic carbocycles.